The molecule has 0 bridgehead atoms. The van der Waals surface area contributed by atoms with Gasteiger partial charge < -0.3 is 14.4 Å². The molecule has 42 heavy (non-hydrogen) atoms. The van der Waals surface area contributed by atoms with Crippen LogP contribution in [0.2, 0.25) is 5.02 Å². The average molecular weight is 589 g/mol. The van der Waals surface area contributed by atoms with Crippen LogP contribution in [0.15, 0.2) is 71.8 Å². The standard InChI is InChI=1S/C33H37ClN4O4/c1-23-12-13-25(20-24(23)2)29-21-30(27-9-5-7-11-31(27)41-3)38(35-29)32(39)22-37(15-14-36-16-18-42-19-17-36)33(40)26-8-4-6-10-28(26)34/h4-13,20,30H,14-19,21-22H2,1-3H3. The molecule has 2 aliphatic heterocycles. The summed E-state index contributed by atoms with van der Waals surface area (Å²) >= 11 is 6.42. The molecule has 0 spiro atoms. The van der Waals surface area contributed by atoms with E-state index in [-0.39, 0.29) is 24.4 Å². The highest BCUT2D eigenvalue weighted by atomic mass is 35.5. The number of morpholine rings is 1. The van der Waals surface area contributed by atoms with Crippen molar-refractivity contribution >= 4 is 29.1 Å². The predicted molar refractivity (Wildman–Crippen MR) is 164 cm³/mol. The van der Waals surface area contributed by atoms with Crippen LogP contribution in [0.1, 0.15) is 45.1 Å². The van der Waals surface area contributed by atoms with E-state index in [0.717, 1.165) is 35.5 Å². The fourth-order valence-corrected chi connectivity index (χ4v) is 5.62. The number of carbonyl (C=O) groups is 2. The van der Waals surface area contributed by atoms with Crippen LogP contribution < -0.4 is 4.74 Å². The van der Waals surface area contributed by atoms with E-state index in [4.69, 9.17) is 26.2 Å². The lowest BCUT2D eigenvalue weighted by molar-refractivity contribution is -0.133. The highest BCUT2D eigenvalue weighted by molar-refractivity contribution is 6.33. The van der Waals surface area contributed by atoms with E-state index >= 15 is 0 Å². The van der Waals surface area contributed by atoms with Crippen molar-refractivity contribution in [2.24, 2.45) is 5.10 Å². The molecule has 1 unspecified atom stereocenters. The van der Waals surface area contributed by atoms with Crippen molar-refractivity contribution in [1.82, 2.24) is 14.8 Å². The summed E-state index contributed by atoms with van der Waals surface area (Å²) in [4.78, 5) is 31.7. The maximum Gasteiger partial charge on any atom is 0.262 e. The quantitative estimate of drug-likeness (QED) is 0.347. The molecular weight excluding hydrogens is 552 g/mol. The minimum Gasteiger partial charge on any atom is -0.496 e. The van der Waals surface area contributed by atoms with Gasteiger partial charge in [0.15, 0.2) is 0 Å². The normalized spacial score (nSPS) is 17.2. The number of ether oxygens (including phenoxy) is 2. The summed E-state index contributed by atoms with van der Waals surface area (Å²) in [5, 5.41) is 6.76. The Morgan fingerprint density at radius 2 is 1.76 bits per heavy atom. The van der Waals surface area contributed by atoms with Gasteiger partial charge in [-0.1, -0.05) is 54.1 Å². The van der Waals surface area contributed by atoms with E-state index in [2.05, 4.69) is 30.9 Å². The zero-order valence-corrected chi connectivity index (χ0v) is 25.1. The molecule has 1 fully saturated rings. The smallest absolute Gasteiger partial charge is 0.262 e. The summed E-state index contributed by atoms with van der Waals surface area (Å²) in [6.45, 7) is 7.89. The average Bonchev–Trinajstić information content (AvgIpc) is 3.46. The molecule has 5 rings (SSSR count). The Morgan fingerprint density at radius 3 is 2.50 bits per heavy atom. The van der Waals surface area contributed by atoms with Gasteiger partial charge in [0.05, 0.1) is 42.7 Å². The van der Waals surface area contributed by atoms with Gasteiger partial charge in [-0.05, 0) is 54.8 Å². The van der Waals surface area contributed by atoms with E-state index in [0.29, 0.717) is 49.1 Å². The first kappa shape index (κ1) is 29.8. The van der Waals surface area contributed by atoms with Gasteiger partial charge in [0.2, 0.25) is 0 Å². The molecule has 3 aromatic carbocycles. The summed E-state index contributed by atoms with van der Waals surface area (Å²) in [5.74, 6) is 0.133. The minimum atomic E-state index is -0.373. The molecule has 2 aliphatic rings. The highest BCUT2D eigenvalue weighted by Gasteiger charge is 2.36. The Hall–Kier alpha value is -3.72. The van der Waals surface area contributed by atoms with E-state index in [9.17, 15) is 9.59 Å². The maximum atomic E-state index is 14.1. The molecule has 1 atom stereocenters. The van der Waals surface area contributed by atoms with Crippen molar-refractivity contribution < 1.29 is 19.1 Å². The number of benzene rings is 3. The van der Waals surface area contributed by atoms with Crippen LogP contribution in [0, 0.1) is 13.8 Å². The molecule has 2 heterocycles. The number of hydrazone groups is 1. The SMILES string of the molecule is COc1ccccc1C1CC(c2ccc(C)c(C)c2)=NN1C(=O)CN(CCN1CCOCC1)C(=O)c1ccccc1Cl. The Morgan fingerprint density at radius 1 is 1.02 bits per heavy atom. The molecule has 0 aromatic heterocycles. The van der Waals surface area contributed by atoms with Crippen LogP contribution >= 0.6 is 11.6 Å². The first-order valence-electron chi connectivity index (χ1n) is 14.3. The summed E-state index contributed by atoms with van der Waals surface area (Å²) in [5.41, 5.74) is 5.39. The molecule has 0 N–H and O–H groups in total. The summed E-state index contributed by atoms with van der Waals surface area (Å²) in [6, 6.07) is 20.5. The predicted octanol–water partition coefficient (Wildman–Crippen LogP) is 5.12. The largest absolute Gasteiger partial charge is 0.496 e. The molecule has 9 heteroatoms. The van der Waals surface area contributed by atoms with Crippen molar-refractivity contribution in [2.45, 2.75) is 26.3 Å². The van der Waals surface area contributed by atoms with Crippen LogP contribution in [0.5, 0.6) is 5.75 Å². The number of nitrogens with zero attached hydrogens (tertiary/aromatic N) is 4. The molecule has 220 valence electrons. The van der Waals surface area contributed by atoms with Crippen LogP contribution in [0.3, 0.4) is 0 Å². The summed E-state index contributed by atoms with van der Waals surface area (Å²) < 4.78 is 11.2. The number of carbonyl (C=O) groups excluding carboxylic acids is 2. The van der Waals surface area contributed by atoms with Gasteiger partial charge in [-0.25, -0.2) is 5.01 Å². The third-order valence-corrected chi connectivity index (χ3v) is 8.34. The fourth-order valence-electron chi connectivity index (χ4n) is 5.40. The number of hydrogen-bond acceptors (Lipinski definition) is 6. The van der Waals surface area contributed by atoms with Gasteiger partial charge in [-0.15, -0.1) is 0 Å². The van der Waals surface area contributed by atoms with Crippen molar-refractivity contribution in [3.8, 4) is 5.75 Å². The van der Waals surface area contributed by atoms with Gasteiger partial charge in [-0.2, -0.15) is 5.10 Å². The van der Waals surface area contributed by atoms with Crippen LogP contribution in [0.4, 0.5) is 0 Å². The van der Waals surface area contributed by atoms with Crippen molar-refractivity contribution in [1.29, 1.82) is 0 Å². The van der Waals surface area contributed by atoms with E-state index in [1.807, 2.05) is 30.3 Å². The van der Waals surface area contributed by atoms with E-state index in [1.54, 1.807) is 36.3 Å². The Kier molecular flexibility index (Phi) is 9.57. The Balaban J connectivity index is 1.46. The highest BCUT2D eigenvalue weighted by Crippen LogP contribution is 2.37. The molecule has 0 radical (unpaired) electrons. The second kappa shape index (κ2) is 13.5. The fraction of sp³-hybridized carbons (Fsp3) is 0.364. The number of methoxy groups -OCH3 is 1. The third-order valence-electron chi connectivity index (χ3n) is 8.01. The monoisotopic (exact) mass is 588 g/mol. The lowest BCUT2D eigenvalue weighted by atomic mass is 9.96. The maximum absolute atomic E-state index is 14.1. The minimum absolute atomic E-state index is 0.135. The van der Waals surface area contributed by atoms with Crippen LogP contribution in [-0.4, -0.2) is 85.4 Å². The Bertz CT molecular complexity index is 1470. The first-order chi connectivity index (χ1) is 20.4. The molecule has 0 saturated carbocycles. The zero-order valence-electron chi connectivity index (χ0n) is 24.4. The van der Waals surface area contributed by atoms with Gasteiger partial charge in [0.25, 0.3) is 11.8 Å². The number of rotatable bonds is 9. The number of amides is 2. The number of aryl methyl sites for hydroxylation is 2. The zero-order chi connectivity index (χ0) is 29.6. The van der Waals surface area contributed by atoms with Gasteiger partial charge >= 0.3 is 0 Å². The summed E-state index contributed by atoms with van der Waals surface area (Å²) in [7, 11) is 1.63. The van der Waals surface area contributed by atoms with Gasteiger partial charge in [0.1, 0.15) is 12.3 Å². The second-order valence-electron chi connectivity index (χ2n) is 10.7. The lowest BCUT2D eigenvalue weighted by Gasteiger charge is -2.31. The second-order valence-corrected chi connectivity index (χ2v) is 11.1. The van der Waals surface area contributed by atoms with Crippen molar-refractivity contribution in [3.05, 3.63) is 99.6 Å². The molecule has 2 amide bonds. The molecule has 3 aromatic rings. The van der Waals surface area contributed by atoms with Gasteiger partial charge in [-0.3, -0.25) is 14.5 Å². The van der Waals surface area contributed by atoms with Crippen LogP contribution in [-0.2, 0) is 9.53 Å². The van der Waals surface area contributed by atoms with Crippen molar-refractivity contribution in [3.63, 3.8) is 0 Å². The number of hydrogen-bond donors (Lipinski definition) is 0. The number of para-hydroxylation sites is 1. The molecule has 8 nitrogen and oxygen atoms in total. The topological polar surface area (TPSA) is 74.7 Å². The third kappa shape index (κ3) is 6.67. The van der Waals surface area contributed by atoms with Crippen molar-refractivity contribution in [2.75, 3.05) is 53.0 Å². The lowest BCUT2D eigenvalue weighted by Crippen LogP contribution is -2.46. The first-order valence-corrected chi connectivity index (χ1v) is 14.7. The molecular formula is C33H37ClN4O4. The Labute approximate surface area is 252 Å². The van der Waals surface area contributed by atoms with Gasteiger partial charge in [0, 0.05) is 38.2 Å². The summed E-state index contributed by atoms with van der Waals surface area (Å²) in [6.07, 6.45) is 0.529. The van der Waals surface area contributed by atoms with Crippen LogP contribution in [0.25, 0.3) is 0 Å². The molecule has 1 saturated heterocycles. The molecule has 0 aliphatic carbocycles. The number of halogens is 1. The van der Waals surface area contributed by atoms with E-state index in [1.165, 1.54) is 10.6 Å². The van der Waals surface area contributed by atoms with E-state index < -0.39 is 0 Å².